The SMILES string of the molecule is CC(CCc1cccc(OC(F)(F)F)c1)CN(C)Cc1ccc(Cl)nc1. The first-order valence-corrected chi connectivity index (χ1v) is 8.73. The van der Waals surface area contributed by atoms with Crippen molar-refractivity contribution in [3.63, 3.8) is 0 Å². The number of hydrogen-bond acceptors (Lipinski definition) is 3. The molecule has 142 valence electrons. The van der Waals surface area contributed by atoms with E-state index in [-0.39, 0.29) is 5.75 Å². The van der Waals surface area contributed by atoms with Gasteiger partial charge in [0.05, 0.1) is 0 Å². The lowest BCUT2D eigenvalue weighted by Gasteiger charge is -2.21. The fourth-order valence-corrected chi connectivity index (χ4v) is 2.92. The topological polar surface area (TPSA) is 25.4 Å². The van der Waals surface area contributed by atoms with Crippen molar-refractivity contribution in [3.8, 4) is 5.75 Å². The molecule has 7 heteroatoms. The Labute approximate surface area is 156 Å². The highest BCUT2D eigenvalue weighted by Gasteiger charge is 2.31. The van der Waals surface area contributed by atoms with Crippen LogP contribution in [0.3, 0.4) is 0 Å². The van der Waals surface area contributed by atoms with Crippen LogP contribution in [-0.2, 0) is 13.0 Å². The van der Waals surface area contributed by atoms with Gasteiger partial charge in [-0.25, -0.2) is 4.98 Å². The van der Waals surface area contributed by atoms with Crippen LogP contribution < -0.4 is 4.74 Å². The lowest BCUT2D eigenvalue weighted by Crippen LogP contribution is -2.24. The molecule has 0 aliphatic carbocycles. The minimum absolute atomic E-state index is 0.171. The number of hydrogen-bond donors (Lipinski definition) is 0. The molecule has 3 nitrogen and oxygen atoms in total. The van der Waals surface area contributed by atoms with Crippen molar-refractivity contribution in [2.45, 2.75) is 32.7 Å². The van der Waals surface area contributed by atoms with Gasteiger partial charge in [-0.3, -0.25) is 0 Å². The average Bonchev–Trinajstić information content (AvgIpc) is 2.54. The molecule has 1 aromatic heterocycles. The molecule has 0 amide bonds. The first kappa shape index (κ1) is 20.5. The fraction of sp³-hybridized carbons (Fsp3) is 0.421. The molecule has 0 fully saturated rings. The average molecular weight is 387 g/mol. The maximum Gasteiger partial charge on any atom is 0.573 e. The Kier molecular flexibility index (Phi) is 7.29. The lowest BCUT2D eigenvalue weighted by molar-refractivity contribution is -0.274. The van der Waals surface area contributed by atoms with Gasteiger partial charge in [-0.15, -0.1) is 13.2 Å². The van der Waals surface area contributed by atoms with E-state index in [1.807, 2.05) is 19.2 Å². The van der Waals surface area contributed by atoms with Gasteiger partial charge in [-0.1, -0.05) is 36.7 Å². The van der Waals surface area contributed by atoms with Crippen LogP contribution in [0.2, 0.25) is 5.15 Å². The quantitative estimate of drug-likeness (QED) is 0.573. The maximum absolute atomic E-state index is 12.3. The number of pyridine rings is 1. The first-order valence-electron chi connectivity index (χ1n) is 8.35. The number of benzene rings is 1. The highest BCUT2D eigenvalue weighted by molar-refractivity contribution is 6.29. The Morgan fingerprint density at radius 2 is 1.96 bits per heavy atom. The summed E-state index contributed by atoms with van der Waals surface area (Å²) in [5.74, 6) is 0.224. The van der Waals surface area contributed by atoms with E-state index in [0.29, 0.717) is 17.5 Å². The molecule has 2 aromatic rings. The molecule has 0 saturated carbocycles. The summed E-state index contributed by atoms with van der Waals surface area (Å²) in [6.07, 6.45) is -1.33. The number of aryl methyl sites for hydroxylation is 1. The third-order valence-corrected chi connectivity index (χ3v) is 4.15. The summed E-state index contributed by atoms with van der Waals surface area (Å²) >= 11 is 5.78. The van der Waals surface area contributed by atoms with E-state index in [0.717, 1.165) is 30.6 Å². The maximum atomic E-state index is 12.3. The van der Waals surface area contributed by atoms with Gasteiger partial charge in [-0.05, 0) is 55.1 Å². The predicted octanol–water partition coefficient (Wildman–Crippen LogP) is 5.33. The molecule has 26 heavy (non-hydrogen) atoms. The van der Waals surface area contributed by atoms with Gasteiger partial charge >= 0.3 is 6.36 Å². The van der Waals surface area contributed by atoms with E-state index in [2.05, 4.69) is 21.5 Å². The van der Waals surface area contributed by atoms with Gasteiger partial charge in [0.2, 0.25) is 0 Å². The normalized spacial score (nSPS) is 13.0. The Morgan fingerprint density at radius 1 is 1.19 bits per heavy atom. The zero-order chi connectivity index (χ0) is 19.2. The zero-order valence-corrected chi connectivity index (χ0v) is 15.5. The van der Waals surface area contributed by atoms with E-state index in [4.69, 9.17) is 11.6 Å². The minimum Gasteiger partial charge on any atom is -0.406 e. The molecule has 2 rings (SSSR count). The van der Waals surface area contributed by atoms with E-state index in [1.54, 1.807) is 18.3 Å². The molecule has 1 aromatic carbocycles. The zero-order valence-electron chi connectivity index (χ0n) is 14.8. The summed E-state index contributed by atoms with van der Waals surface area (Å²) in [5.41, 5.74) is 1.92. The second-order valence-electron chi connectivity index (χ2n) is 6.52. The number of nitrogens with zero attached hydrogens (tertiary/aromatic N) is 2. The molecular formula is C19H22ClF3N2O. The summed E-state index contributed by atoms with van der Waals surface area (Å²) in [7, 11) is 2.03. The Hall–Kier alpha value is -1.79. The molecule has 0 radical (unpaired) electrons. The molecular weight excluding hydrogens is 365 g/mol. The molecule has 1 heterocycles. The molecule has 0 aliphatic rings. The molecule has 0 bridgehead atoms. The highest BCUT2D eigenvalue weighted by Crippen LogP contribution is 2.24. The van der Waals surface area contributed by atoms with Gasteiger partial charge in [0.25, 0.3) is 0 Å². The van der Waals surface area contributed by atoms with Gasteiger partial charge in [0.1, 0.15) is 10.9 Å². The number of halogens is 4. The number of ether oxygens (including phenoxy) is 1. The Balaban J connectivity index is 1.80. The van der Waals surface area contributed by atoms with Crippen molar-refractivity contribution in [2.75, 3.05) is 13.6 Å². The fourth-order valence-electron chi connectivity index (χ4n) is 2.81. The Bertz CT molecular complexity index is 692. The molecule has 0 saturated heterocycles. The van der Waals surface area contributed by atoms with Crippen LogP contribution in [0.15, 0.2) is 42.6 Å². The van der Waals surface area contributed by atoms with Crippen molar-refractivity contribution in [3.05, 3.63) is 58.9 Å². The third kappa shape index (κ3) is 7.62. The van der Waals surface area contributed by atoms with Crippen molar-refractivity contribution < 1.29 is 17.9 Å². The van der Waals surface area contributed by atoms with Crippen molar-refractivity contribution in [2.24, 2.45) is 5.92 Å². The van der Waals surface area contributed by atoms with Crippen LogP contribution >= 0.6 is 11.6 Å². The van der Waals surface area contributed by atoms with E-state index in [9.17, 15) is 13.2 Å². The summed E-state index contributed by atoms with van der Waals surface area (Å²) < 4.78 is 40.8. The monoisotopic (exact) mass is 386 g/mol. The number of rotatable bonds is 8. The molecule has 0 aliphatic heterocycles. The van der Waals surface area contributed by atoms with Crippen molar-refractivity contribution >= 4 is 11.6 Å². The Morgan fingerprint density at radius 3 is 2.62 bits per heavy atom. The lowest BCUT2D eigenvalue weighted by atomic mass is 10.0. The van der Waals surface area contributed by atoms with E-state index >= 15 is 0 Å². The molecule has 1 unspecified atom stereocenters. The van der Waals surface area contributed by atoms with Crippen molar-refractivity contribution in [1.29, 1.82) is 0 Å². The van der Waals surface area contributed by atoms with Crippen LogP contribution in [0.25, 0.3) is 0 Å². The predicted molar refractivity (Wildman–Crippen MR) is 96.2 cm³/mol. The minimum atomic E-state index is -4.66. The van der Waals surface area contributed by atoms with Crippen LogP contribution in [0.5, 0.6) is 5.75 Å². The third-order valence-electron chi connectivity index (χ3n) is 3.92. The first-order chi connectivity index (χ1) is 12.2. The summed E-state index contributed by atoms with van der Waals surface area (Å²) in [6, 6.07) is 9.88. The van der Waals surface area contributed by atoms with Gasteiger partial charge < -0.3 is 9.64 Å². The highest BCUT2D eigenvalue weighted by atomic mass is 35.5. The second kappa shape index (κ2) is 9.24. The van der Waals surface area contributed by atoms with Crippen molar-refractivity contribution in [1.82, 2.24) is 9.88 Å². The van der Waals surface area contributed by atoms with Crippen LogP contribution in [0.4, 0.5) is 13.2 Å². The molecule has 0 N–H and O–H groups in total. The van der Waals surface area contributed by atoms with Crippen LogP contribution in [0.1, 0.15) is 24.5 Å². The standard InChI is InChI=1S/C19H22ClF3N2O/c1-14(12-25(2)13-16-8-9-18(20)24-11-16)6-7-15-4-3-5-17(10-15)26-19(21,22)23/h3-5,8-11,14H,6-7,12-13H2,1-2H3. The summed E-state index contributed by atoms with van der Waals surface area (Å²) in [5, 5.41) is 0.474. The van der Waals surface area contributed by atoms with E-state index in [1.165, 1.54) is 12.1 Å². The van der Waals surface area contributed by atoms with Gasteiger partial charge in [0.15, 0.2) is 0 Å². The smallest absolute Gasteiger partial charge is 0.406 e. The summed E-state index contributed by atoms with van der Waals surface area (Å²) in [6.45, 7) is 3.78. The molecule has 0 spiro atoms. The summed E-state index contributed by atoms with van der Waals surface area (Å²) in [4.78, 5) is 6.26. The molecule has 1 atom stereocenters. The largest absolute Gasteiger partial charge is 0.573 e. The van der Waals surface area contributed by atoms with Gasteiger partial charge in [0, 0.05) is 19.3 Å². The second-order valence-corrected chi connectivity index (χ2v) is 6.91. The van der Waals surface area contributed by atoms with E-state index < -0.39 is 6.36 Å². The van der Waals surface area contributed by atoms with Crippen LogP contribution in [-0.4, -0.2) is 29.8 Å². The number of alkyl halides is 3. The van der Waals surface area contributed by atoms with Crippen LogP contribution in [0, 0.1) is 5.92 Å². The number of aromatic nitrogens is 1. The van der Waals surface area contributed by atoms with Gasteiger partial charge in [-0.2, -0.15) is 0 Å².